The van der Waals surface area contributed by atoms with Crippen molar-refractivity contribution in [2.45, 2.75) is 5.41 Å². The molecule has 1 aliphatic carbocycles. The molecule has 17 aromatic rings. The van der Waals surface area contributed by atoms with Crippen molar-refractivity contribution in [3.8, 4) is 61.3 Å². The smallest absolute Gasteiger partial charge is 0.137 e. The van der Waals surface area contributed by atoms with Gasteiger partial charge in [-0.05, 0) is 157 Å². The van der Waals surface area contributed by atoms with Crippen LogP contribution in [0.15, 0.2) is 336 Å². The number of aromatic nitrogens is 1. The highest BCUT2D eigenvalue weighted by atomic mass is 16.3. The second kappa shape index (κ2) is 20.2. The molecular formula is C85H54N2O2. The fraction of sp³-hybridized carbons (Fsp3) is 0.0118. The van der Waals surface area contributed by atoms with Gasteiger partial charge in [-0.25, -0.2) is 0 Å². The second-order valence-corrected chi connectivity index (χ2v) is 23.4. The predicted molar refractivity (Wildman–Crippen MR) is 369 cm³/mol. The van der Waals surface area contributed by atoms with Crippen molar-refractivity contribution < 1.29 is 8.83 Å². The van der Waals surface area contributed by atoms with Crippen LogP contribution in [0.3, 0.4) is 0 Å². The van der Waals surface area contributed by atoms with Crippen LogP contribution in [-0.4, -0.2) is 4.57 Å². The fourth-order valence-corrected chi connectivity index (χ4v) is 14.8. The maximum Gasteiger partial charge on any atom is 0.137 e. The predicted octanol–water partition coefficient (Wildman–Crippen LogP) is 23.1. The van der Waals surface area contributed by atoms with E-state index in [-0.39, 0.29) is 0 Å². The summed E-state index contributed by atoms with van der Waals surface area (Å²) in [7, 11) is 0. The normalized spacial score (nSPS) is 12.6. The third-order valence-corrected chi connectivity index (χ3v) is 18.7. The summed E-state index contributed by atoms with van der Waals surface area (Å²) in [5, 5.41) is 6.70. The van der Waals surface area contributed by atoms with Crippen LogP contribution in [0.5, 0.6) is 0 Å². The Kier molecular flexibility index (Phi) is 11.5. The molecule has 89 heavy (non-hydrogen) atoms. The lowest BCUT2D eigenvalue weighted by atomic mass is 9.66. The Morgan fingerprint density at radius 2 is 0.787 bits per heavy atom. The topological polar surface area (TPSA) is 34.5 Å². The zero-order valence-corrected chi connectivity index (χ0v) is 48.4. The highest BCUT2D eigenvalue weighted by Crippen LogP contribution is 2.59. The van der Waals surface area contributed by atoms with Crippen LogP contribution in [0.1, 0.15) is 22.3 Å². The molecule has 0 fully saturated rings. The molecule has 18 rings (SSSR count). The van der Waals surface area contributed by atoms with E-state index in [2.05, 4.69) is 325 Å². The highest BCUT2D eigenvalue weighted by Gasteiger charge is 2.47. The summed E-state index contributed by atoms with van der Waals surface area (Å²) in [6.45, 7) is 0. The van der Waals surface area contributed by atoms with E-state index in [4.69, 9.17) is 8.83 Å². The largest absolute Gasteiger partial charge is 0.456 e. The number of anilines is 3. The van der Waals surface area contributed by atoms with Crippen molar-refractivity contribution in [2.75, 3.05) is 4.90 Å². The molecule has 4 heteroatoms. The van der Waals surface area contributed by atoms with Crippen molar-refractivity contribution in [3.63, 3.8) is 0 Å². The molecule has 0 bridgehead atoms. The molecule has 0 N–H and O–H groups in total. The van der Waals surface area contributed by atoms with Gasteiger partial charge in [-0.1, -0.05) is 243 Å². The number of rotatable bonds is 10. The van der Waals surface area contributed by atoms with Crippen molar-refractivity contribution in [1.29, 1.82) is 0 Å². The van der Waals surface area contributed by atoms with E-state index in [1.54, 1.807) is 0 Å². The lowest BCUT2D eigenvalue weighted by molar-refractivity contribution is 0.668. The third-order valence-electron chi connectivity index (χ3n) is 18.7. The Morgan fingerprint density at radius 3 is 1.54 bits per heavy atom. The molecule has 0 saturated heterocycles. The lowest BCUT2D eigenvalue weighted by Gasteiger charge is -2.35. The van der Waals surface area contributed by atoms with Gasteiger partial charge >= 0.3 is 0 Å². The molecule has 0 unspecified atom stereocenters. The average Bonchev–Trinajstić information content (AvgIpc) is 1.58. The molecule has 0 radical (unpaired) electrons. The van der Waals surface area contributed by atoms with Gasteiger partial charge in [0, 0.05) is 61.1 Å². The molecule has 3 heterocycles. The highest BCUT2D eigenvalue weighted by molar-refractivity contribution is 6.16. The zero-order chi connectivity index (χ0) is 58.6. The molecule has 0 aliphatic heterocycles. The first kappa shape index (κ1) is 50.6. The molecule has 3 aromatic heterocycles. The quantitative estimate of drug-likeness (QED) is 0.137. The van der Waals surface area contributed by atoms with Crippen molar-refractivity contribution in [3.05, 3.63) is 350 Å². The Labute approximate surface area is 514 Å². The van der Waals surface area contributed by atoms with Crippen molar-refractivity contribution in [1.82, 2.24) is 4.57 Å². The summed E-state index contributed by atoms with van der Waals surface area (Å²) in [5.74, 6) is 0. The number of fused-ring (bicyclic) bond motifs is 12. The zero-order valence-electron chi connectivity index (χ0n) is 48.4. The van der Waals surface area contributed by atoms with Crippen LogP contribution in [0.4, 0.5) is 17.1 Å². The summed E-state index contributed by atoms with van der Waals surface area (Å²) in [6, 6.07) is 120. The van der Waals surface area contributed by atoms with Crippen LogP contribution < -0.4 is 4.90 Å². The Morgan fingerprint density at radius 1 is 0.270 bits per heavy atom. The van der Waals surface area contributed by atoms with Gasteiger partial charge < -0.3 is 18.3 Å². The van der Waals surface area contributed by atoms with E-state index in [9.17, 15) is 0 Å². The van der Waals surface area contributed by atoms with Crippen LogP contribution in [-0.2, 0) is 5.41 Å². The number of hydrogen-bond acceptors (Lipinski definition) is 3. The number of nitrogens with zero attached hydrogens (tertiary/aromatic N) is 2. The average molecular weight is 1140 g/mol. The van der Waals surface area contributed by atoms with Crippen LogP contribution in [0, 0.1) is 0 Å². The first-order chi connectivity index (χ1) is 44.1. The molecule has 0 spiro atoms. The first-order valence-corrected chi connectivity index (χ1v) is 30.5. The second-order valence-electron chi connectivity index (χ2n) is 23.4. The monoisotopic (exact) mass is 1130 g/mol. The number of benzene rings is 14. The molecule has 4 nitrogen and oxygen atoms in total. The Hall–Kier alpha value is -11.7. The number of para-hydroxylation sites is 2. The van der Waals surface area contributed by atoms with Gasteiger partial charge in [-0.15, -0.1) is 0 Å². The minimum Gasteiger partial charge on any atom is -0.456 e. The SMILES string of the molecule is c1ccc(-c2ccc(N(c3ccc4c(c3)oc3ccccc34)c3ccc4c5cc(-c6cccc7oc8ccccc8c67)ccc5n(-c5ccc(-c6cccc7c6C(c6ccccc6)(c6ccccc6)c6ccccc6-7)cc5)c4c3)cc2-c2ccccc2)cc1. The fourth-order valence-electron chi connectivity index (χ4n) is 14.8. The molecule has 0 atom stereocenters. The maximum atomic E-state index is 6.67. The molecule has 1 aliphatic rings. The first-order valence-electron chi connectivity index (χ1n) is 30.5. The minimum absolute atomic E-state index is 0.553. The van der Waals surface area contributed by atoms with E-state index in [0.29, 0.717) is 0 Å². The molecule has 14 aromatic carbocycles. The van der Waals surface area contributed by atoms with E-state index >= 15 is 0 Å². The van der Waals surface area contributed by atoms with Gasteiger partial charge in [0.05, 0.1) is 16.4 Å². The van der Waals surface area contributed by atoms with Gasteiger partial charge in [0.2, 0.25) is 0 Å². The van der Waals surface area contributed by atoms with Crippen LogP contribution in [0.2, 0.25) is 0 Å². The van der Waals surface area contributed by atoms with Gasteiger partial charge in [0.15, 0.2) is 0 Å². The summed E-state index contributed by atoms with van der Waals surface area (Å²) >= 11 is 0. The van der Waals surface area contributed by atoms with Crippen molar-refractivity contribution in [2.24, 2.45) is 0 Å². The Bertz CT molecular complexity index is 5560. The van der Waals surface area contributed by atoms with Crippen molar-refractivity contribution >= 4 is 82.7 Å². The van der Waals surface area contributed by atoms with E-state index < -0.39 is 5.41 Å². The third kappa shape index (κ3) is 7.87. The number of hydrogen-bond donors (Lipinski definition) is 0. The number of furan rings is 2. The van der Waals surface area contributed by atoms with Crippen LogP contribution in [0.25, 0.3) is 127 Å². The molecular weight excluding hydrogens is 1080 g/mol. The van der Waals surface area contributed by atoms with Gasteiger partial charge in [0.25, 0.3) is 0 Å². The van der Waals surface area contributed by atoms with E-state index in [1.807, 2.05) is 12.1 Å². The van der Waals surface area contributed by atoms with Gasteiger partial charge in [-0.3, -0.25) is 0 Å². The summed E-state index contributed by atoms with van der Waals surface area (Å²) in [5.41, 5.74) is 26.0. The van der Waals surface area contributed by atoms with Gasteiger partial charge in [0.1, 0.15) is 22.3 Å². The maximum absolute atomic E-state index is 6.67. The van der Waals surface area contributed by atoms with E-state index in [0.717, 1.165) is 127 Å². The summed E-state index contributed by atoms with van der Waals surface area (Å²) in [6.07, 6.45) is 0. The summed E-state index contributed by atoms with van der Waals surface area (Å²) in [4.78, 5) is 2.40. The van der Waals surface area contributed by atoms with Crippen LogP contribution >= 0.6 is 0 Å². The molecule has 0 amide bonds. The lowest BCUT2D eigenvalue weighted by Crippen LogP contribution is -2.29. The van der Waals surface area contributed by atoms with E-state index in [1.165, 1.54) is 38.9 Å². The van der Waals surface area contributed by atoms with Gasteiger partial charge in [-0.2, -0.15) is 0 Å². The Balaban J connectivity index is 0.862. The molecule has 416 valence electrons. The molecule has 0 saturated carbocycles. The summed E-state index contributed by atoms with van der Waals surface area (Å²) < 4.78 is 15.6. The standard InChI is InChI=1S/C85H54N2O2/c1-5-21-55(22-6-1)65-47-44-62(52-74(65)56-23-7-2-8-24-56)86(64-46-49-71-70-30-14-17-36-79(70)89-82(71)54-64)63-45-48-69-75-51-58(66-32-20-38-81-83(66)73-31-15-18-37-80(73)88-81)41-50-77(75)87(78(69)53-63)61-42-39-57(40-43-61)67-33-19-34-72-68-29-13-16-35-76(68)85(84(67)72,59-25-9-3-10-26-59)60-27-11-4-12-28-60/h1-54H. The minimum atomic E-state index is -0.553.